The van der Waals surface area contributed by atoms with Crippen molar-refractivity contribution in [2.75, 3.05) is 13.7 Å². The van der Waals surface area contributed by atoms with E-state index in [-0.39, 0.29) is 29.7 Å². The van der Waals surface area contributed by atoms with Crippen molar-refractivity contribution in [3.63, 3.8) is 0 Å². The first kappa shape index (κ1) is 28.2. The fourth-order valence-electron chi connectivity index (χ4n) is 5.93. The van der Waals surface area contributed by atoms with Gasteiger partial charge in [0.05, 0.1) is 19.6 Å². The molecule has 212 valence electrons. The van der Waals surface area contributed by atoms with Crippen LogP contribution < -0.4 is 9.47 Å². The Kier molecular flexibility index (Phi) is 8.46. The molecule has 2 fully saturated rings. The highest BCUT2D eigenvalue weighted by atomic mass is 19.1. The summed E-state index contributed by atoms with van der Waals surface area (Å²) in [5.41, 5.74) is 4.07. The molecule has 0 aromatic heterocycles. The van der Waals surface area contributed by atoms with E-state index in [1.807, 2.05) is 36.4 Å². The van der Waals surface area contributed by atoms with Crippen LogP contribution in [0.3, 0.4) is 0 Å². The van der Waals surface area contributed by atoms with E-state index >= 15 is 4.39 Å². The lowest BCUT2D eigenvalue weighted by molar-refractivity contribution is -0.137. The minimum Gasteiger partial charge on any atom is -0.497 e. The van der Waals surface area contributed by atoms with Gasteiger partial charge in [0.2, 0.25) is 0 Å². The van der Waals surface area contributed by atoms with Crippen molar-refractivity contribution >= 4 is 5.97 Å². The largest absolute Gasteiger partial charge is 0.497 e. The third-order valence-corrected chi connectivity index (χ3v) is 8.29. The second-order valence-corrected chi connectivity index (χ2v) is 11.9. The molecule has 1 aliphatic heterocycles. The van der Waals surface area contributed by atoms with Gasteiger partial charge in [0.15, 0.2) is 0 Å². The van der Waals surface area contributed by atoms with Crippen molar-refractivity contribution in [2.45, 2.75) is 71.0 Å². The molecule has 0 spiro atoms. The van der Waals surface area contributed by atoms with E-state index in [9.17, 15) is 9.90 Å². The van der Waals surface area contributed by atoms with Gasteiger partial charge in [-0.3, -0.25) is 4.79 Å². The summed E-state index contributed by atoms with van der Waals surface area (Å²) in [5.74, 6) is 0.849. The lowest BCUT2D eigenvalue weighted by Gasteiger charge is -2.39. The van der Waals surface area contributed by atoms with Crippen molar-refractivity contribution in [2.24, 2.45) is 11.3 Å². The Hall–Kier alpha value is -3.38. The van der Waals surface area contributed by atoms with Crippen LogP contribution in [0.4, 0.5) is 4.39 Å². The van der Waals surface area contributed by atoms with Gasteiger partial charge in [-0.15, -0.1) is 0 Å². The third-order valence-electron chi connectivity index (χ3n) is 8.29. The second-order valence-electron chi connectivity index (χ2n) is 11.9. The van der Waals surface area contributed by atoms with Crippen LogP contribution in [0.2, 0.25) is 0 Å². The zero-order valence-corrected chi connectivity index (χ0v) is 23.6. The van der Waals surface area contributed by atoms with Crippen LogP contribution in [0.1, 0.15) is 81.1 Å². The van der Waals surface area contributed by atoms with E-state index in [0.29, 0.717) is 36.2 Å². The summed E-state index contributed by atoms with van der Waals surface area (Å²) in [6, 6.07) is 18.6. The van der Waals surface area contributed by atoms with Gasteiger partial charge < -0.3 is 19.3 Å². The van der Waals surface area contributed by atoms with Crippen LogP contribution in [0.15, 0.2) is 60.7 Å². The van der Waals surface area contributed by atoms with Crippen LogP contribution in [-0.4, -0.2) is 24.8 Å². The van der Waals surface area contributed by atoms with Gasteiger partial charge in [0.1, 0.15) is 23.9 Å². The summed E-state index contributed by atoms with van der Waals surface area (Å²) in [7, 11) is 1.58. The van der Waals surface area contributed by atoms with Crippen LogP contribution in [0.25, 0.3) is 11.1 Å². The van der Waals surface area contributed by atoms with Crippen molar-refractivity contribution in [3.05, 3.63) is 83.2 Å². The van der Waals surface area contributed by atoms with Gasteiger partial charge in [0.25, 0.3) is 0 Å². The molecule has 1 N–H and O–H groups in total. The van der Waals surface area contributed by atoms with Crippen LogP contribution in [0.5, 0.6) is 11.5 Å². The molecule has 2 aliphatic rings. The molecule has 6 heteroatoms. The zero-order valence-electron chi connectivity index (χ0n) is 23.6. The summed E-state index contributed by atoms with van der Waals surface area (Å²) in [4.78, 5) is 11.5. The number of carboxylic acids is 1. The average molecular weight is 547 g/mol. The Balaban J connectivity index is 1.43. The third kappa shape index (κ3) is 6.67. The highest BCUT2D eigenvalue weighted by Crippen LogP contribution is 2.47. The number of benzene rings is 3. The van der Waals surface area contributed by atoms with Crippen molar-refractivity contribution < 1.29 is 28.5 Å². The molecular formula is C34H39FO5. The predicted octanol–water partition coefficient (Wildman–Crippen LogP) is 8.32. The maximum atomic E-state index is 15.1. The number of halogens is 1. The molecular weight excluding hydrogens is 507 g/mol. The summed E-state index contributed by atoms with van der Waals surface area (Å²) in [6.45, 7) is 5.40. The standard InChI is InChI=1S/C34H39FO5/c1-34(2)14-5-15-39-33(34)30-17-23(10-12-28(30)29-20-26(38-3)11-13-31(29)35)21-40-27-7-4-6-24(18-27)25(19-32(36)37)16-22-8-9-22/h4,6-7,10-13,17-18,20,22,25,33H,5,8-9,14-16,19,21H2,1-3H3,(H,36,37). The topological polar surface area (TPSA) is 65.0 Å². The smallest absolute Gasteiger partial charge is 0.303 e. The Morgan fingerprint density at radius 3 is 2.62 bits per heavy atom. The molecule has 1 saturated carbocycles. The first-order valence-electron chi connectivity index (χ1n) is 14.3. The lowest BCUT2D eigenvalue weighted by atomic mass is 9.75. The minimum absolute atomic E-state index is 0.0112. The average Bonchev–Trinajstić information content (AvgIpc) is 3.76. The van der Waals surface area contributed by atoms with Crippen LogP contribution in [0, 0.1) is 17.2 Å². The van der Waals surface area contributed by atoms with Gasteiger partial charge in [-0.1, -0.05) is 51.0 Å². The number of rotatable bonds is 11. The Morgan fingerprint density at radius 2 is 1.90 bits per heavy atom. The summed E-state index contributed by atoms with van der Waals surface area (Å²) in [5, 5.41) is 9.45. The van der Waals surface area contributed by atoms with E-state index in [2.05, 4.69) is 19.9 Å². The van der Waals surface area contributed by atoms with Gasteiger partial charge in [-0.2, -0.15) is 0 Å². The first-order chi connectivity index (χ1) is 19.2. The van der Waals surface area contributed by atoms with E-state index < -0.39 is 5.97 Å². The van der Waals surface area contributed by atoms with E-state index in [1.54, 1.807) is 19.2 Å². The Bertz CT molecular complexity index is 1350. The van der Waals surface area contributed by atoms with Gasteiger partial charge in [-0.05, 0) is 95.2 Å². The second kappa shape index (κ2) is 12.0. The Labute approximate surface area is 236 Å². The van der Waals surface area contributed by atoms with Gasteiger partial charge in [0, 0.05) is 12.2 Å². The fourth-order valence-corrected chi connectivity index (χ4v) is 5.93. The molecule has 0 radical (unpaired) electrons. The number of carboxylic acid groups (broad SMARTS) is 1. The quantitative estimate of drug-likeness (QED) is 0.262. The number of hydrogen-bond acceptors (Lipinski definition) is 4. The van der Waals surface area contributed by atoms with Crippen molar-refractivity contribution in [1.29, 1.82) is 0 Å². The van der Waals surface area contributed by atoms with E-state index in [4.69, 9.17) is 14.2 Å². The summed E-state index contributed by atoms with van der Waals surface area (Å²) in [6.07, 6.45) is 5.22. The predicted molar refractivity (Wildman–Crippen MR) is 153 cm³/mol. The zero-order chi connectivity index (χ0) is 28.3. The maximum Gasteiger partial charge on any atom is 0.303 e. The maximum absolute atomic E-state index is 15.1. The fraction of sp³-hybridized carbons (Fsp3) is 0.441. The van der Waals surface area contributed by atoms with Gasteiger partial charge >= 0.3 is 5.97 Å². The molecule has 0 amide bonds. The summed E-state index contributed by atoms with van der Waals surface area (Å²) >= 11 is 0. The van der Waals surface area contributed by atoms with Crippen molar-refractivity contribution in [3.8, 4) is 22.6 Å². The number of carbonyl (C=O) groups is 1. The minimum atomic E-state index is -0.773. The molecule has 2 unspecified atom stereocenters. The first-order valence-corrected chi connectivity index (χ1v) is 14.3. The normalized spacial score (nSPS) is 19.1. The molecule has 3 aromatic rings. The molecule has 3 aromatic carbocycles. The molecule has 2 atom stereocenters. The highest BCUT2D eigenvalue weighted by Gasteiger charge is 2.36. The van der Waals surface area contributed by atoms with Crippen molar-refractivity contribution in [1.82, 2.24) is 0 Å². The molecule has 5 nitrogen and oxygen atoms in total. The SMILES string of the molecule is COc1ccc(F)c(-c2ccc(COc3cccc(C(CC(=O)O)CC4CC4)c3)cc2C2OCCCC2(C)C)c1. The summed E-state index contributed by atoms with van der Waals surface area (Å²) < 4.78 is 33.0. The van der Waals surface area contributed by atoms with E-state index in [0.717, 1.165) is 41.5 Å². The number of methoxy groups -OCH3 is 1. The number of ether oxygens (including phenoxy) is 3. The highest BCUT2D eigenvalue weighted by molar-refractivity contribution is 5.71. The van der Waals surface area contributed by atoms with E-state index in [1.165, 1.54) is 18.9 Å². The van der Waals surface area contributed by atoms with Crippen LogP contribution in [-0.2, 0) is 16.1 Å². The van der Waals surface area contributed by atoms with Gasteiger partial charge in [-0.25, -0.2) is 4.39 Å². The molecule has 1 aliphatic carbocycles. The Morgan fingerprint density at radius 1 is 1.07 bits per heavy atom. The molecule has 0 bridgehead atoms. The molecule has 40 heavy (non-hydrogen) atoms. The molecule has 1 saturated heterocycles. The number of hydrogen-bond donors (Lipinski definition) is 1. The number of aliphatic carboxylic acids is 1. The molecule has 1 heterocycles. The monoisotopic (exact) mass is 546 g/mol. The lowest BCUT2D eigenvalue weighted by Crippen LogP contribution is -2.30. The van der Waals surface area contributed by atoms with Crippen LogP contribution >= 0.6 is 0 Å². The molecule has 5 rings (SSSR count).